The summed E-state index contributed by atoms with van der Waals surface area (Å²) in [6.45, 7) is 3.15. The molecule has 1 aliphatic rings. The van der Waals surface area contributed by atoms with E-state index in [1.54, 1.807) is 11.3 Å². The minimum absolute atomic E-state index is 0.167. The van der Waals surface area contributed by atoms with Crippen LogP contribution in [0.3, 0.4) is 0 Å². The van der Waals surface area contributed by atoms with E-state index in [0.717, 1.165) is 25.2 Å². The van der Waals surface area contributed by atoms with Crippen LogP contribution in [0.25, 0.3) is 0 Å². The molecule has 0 saturated carbocycles. The van der Waals surface area contributed by atoms with Crippen molar-refractivity contribution < 1.29 is 4.79 Å². The summed E-state index contributed by atoms with van der Waals surface area (Å²) < 4.78 is 0. The molecule has 0 radical (unpaired) electrons. The third-order valence-corrected chi connectivity index (χ3v) is 3.95. The van der Waals surface area contributed by atoms with Crippen molar-refractivity contribution in [3.8, 4) is 0 Å². The first kappa shape index (κ1) is 12.5. The summed E-state index contributed by atoms with van der Waals surface area (Å²) in [5, 5.41) is 4.04. The molecule has 0 aromatic carbocycles. The zero-order valence-electron chi connectivity index (χ0n) is 10.1. The molecule has 2 N–H and O–H groups in total. The van der Waals surface area contributed by atoms with Crippen molar-refractivity contribution in [2.24, 2.45) is 5.73 Å². The summed E-state index contributed by atoms with van der Waals surface area (Å²) in [5.74, 6) is 0.201. The molecule has 17 heavy (non-hydrogen) atoms. The van der Waals surface area contributed by atoms with Gasteiger partial charge in [-0.2, -0.15) is 11.3 Å². The number of piperazine rings is 1. The number of hydrogen-bond acceptors (Lipinski definition) is 4. The molecule has 1 amide bonds. The monoisotopic (exact) mass is 253 g/mol. The highest BCUT2D eigenvalue weighted by Gasteiger charge is 2.27. The van der Waals surface area contributed by atoms with E-state index >= 15 is 0 Å². The van der Waals surface area contributed by atoms with Crippen molar-refractivity contribution >= 4 is 17.2 Å². The Hall–Kier alpha value is -0.910. The van der Waals surface area contributed by atoms with Gasteiger partial charge < -0.3 is 15.5 Å². The average Bonchev–Trinajstić information content (AvgIpc) is 2.81. The minimum atomic E-state index is 0.167. The zero-order valence-corrected chi connectivity index (χ0v) is 10.9. The van der Waals surface area contributed by atoms with Crippen LogP contribution in [-0.4, -0.2) is 55.0 Å². The molecule has 94 valence electrons. The first-order chi connectivity index (χ1) is 8.20. The van der Waals surface area contributed by atoms with Crippen LogP contribution in [0.15, 0.2) is 16.8 Å². The molecular weight excluding hydrogens is 234 g/mol. The Morgan fingerprint density at radius 2 is 2.41 bits per heavy atom. The van der Waals surface area contributed by atoms with Gasteiger partial charge in [0.25, 0.3) is 0 Å². The normalized spacial score (nSPS) is 21.8. The number of amides is 1. The Morgan fingerprint density at radius 3 is 3.06 bits per heavy atom. The summed E-state index contributed by atoms with van der Waals surface area (Å²) >= 11 is 1.63. The Bertz CT molecular complexity index is 366. The molecule has 1 aromatic heterocycles. The molecule has 4 nitrogen and oxygen atoms in total. The van der Waals surface area contributed by atoms with E-state index in [2.05, 4.69) is 11.9 Å². The number of thiophene rings is 1. The van der Waals surface area contributed by atoms with Gasteiger partial charge in [0, 0.05) is 26.2 Å². The maximum absolute atomic E-state index is 12.2. The number of hydrogen-bond donors (Lipinski definition) is 1. The number of nitrogens with zero attached hydrogens (tertiary/aromatic N) is 2. The number of carbonyl (C=O) groups is 1. The van der Waals surface area contributed by atoms with Crippen molar-refractivity contribution in [2.45, 2.75) is 12.5 Å². The van der Waals surface area contributed by atoms with E-state index in [1.807, 2.05) is 21.7 Å². The van der Waals surface area contributed by atoms with Crippen LogP contribution in [0.5, 0.6) is 0 Å². The van der Waals surface area contributed by atoms with Gasteiger partial charge in [0.1, 0.15) is 0 Å². The second-order valence-electron chi connectivity index (χ2n) is 4.55. The third-order valence-electron chi connectivity index (χ3n) is 3.21. The van der Waals surface area contributed by atoms with Crippen molar-refractivity contribution in [1.29, 1.82) is 0 Å². The molecule has 1 aromatic rings. The second kappa shape index (κ2) is 5.62. The molecule has 2 rings (SSSR count). The van der Waals surface area contributed by atoms with Crippen molar-refractivity contribution in [3.05, 3.63) is 22.4 Å². The van der Waals surface area contributed by atoms with Gasteiger partial charge in [0.2, 0.25) is 5.91 Å². The molecule has 1 aliphatic heterocycles. The molecule has 5 heteroatoms. The van der Waals surface area contributed by atoms with E-state index in [0.29, 0.717) is 13.0 Å². The topological polar surface area (TPSA) is 49.6 Å². The first-order valence-corrected chi connectivity index (χ1v) is 6.84. The molecule has 0 aliphatic carbocycles. The van der Waals surface area contributed by atoms with Gasteiger partial charge in [0.15, 0.2) is 0 Å². The number of carbonyl (C=O) groups excluding carboxylic acids is 1. The van der Waals surface area contributed by atoms with Gasteiger partial charge in [-0.3, -0.25) is 4.79 Å². The smallest absolute Gasteiger partial charge is 0.227 e. The maximum Gasteiger partial charge on any atom is 0.227 e. The first-order valence-electron chi connectivity index (χ1n) is 5.90. The summed E-state index contributed by atoms with van der Waals surface area (Å²) in [6, 6.07) is 2.18. The Kier molecular flexibility index (Phi) is 4.15. The Balaban J connectivity index is 1.98. The van der Waals surface area contributed by atoms with Crippen LogP contribution >= 0.6 is 11.3 Å². The van der Waals surface area contributed by atoms with Crippen molar-refractivity contribution in [3.63, 3.8) is 0 Å². The van der Waals surface area contributed by atoms with E-state index in [1.165, 1.54) is 0 Å². The number of likely N-dealkylation sites (N-methyl/N-ethyl adjacent to an activating group) is 1. The van der Waals surface area contributed by atoms with Gasteiger partial charge in [-0.05, 0) is 29.4 Å². The highest BCUT2D eigenvalue weighted by Crippen LogP contribution is 2.12. The lowest BCUT2D eigenvalue weighted by atomic mass is 10.1. The SMILES string of the molecule is CN1CCN(C(=O)Cc2ccsc2)C(CN)C1. The van der Waals surface area contributed by atoms with Gasteiger partial charge in [-0.25, -0.2) is 0 Å². The molecule has 1 unspecified atom stereocenters. The number of nitrogens with two attached hydrogens (primary N) is 1. The van der Waals surface area contributed by atoms with Crippen LogP contribution in [0.2, 0.25) is 0 Å². The van der Waals surface area contributed by atoms with Crippen molar-refractivity contribution in [2.75, 3.05) is 33.2 Å². The summed E-state index contributed by atoms with van der Waals surface area (Å²) in [5.41, 5.74) is 6.85. The zero-order chi connectivity index (χ0) is 12.3. The molecular formula is C12H19N3OS. The van der Waals surface area contributed by atoms with Gasteiger partial charge >= 0.3 is 0 Å². The predicted molar refractivity (Wildman–Crippen MR) is 70.1 cm³/mol. The molecule has 1 saturated heterocycles. The fourth-order valence-corrected chi connectivity index (χ4v) is 2.88. The van der Waals surface area contributed by atoms with E-state index < -0.39 is 0 Å². The van der Waals surface area contributed by atoms with Crippen molar-refractivity contribution in [1.82, 2.24) is 9.80 Å². The lowest BCUT2D eigenvalue weighted by Crippen LogP contribution is -2.57. The Morgan fingerprint density at radius 1 is 1.59 bits per heavy atom. The lowest BCUT2D eigenvalue weighted by molar-refractivity contribution is -0.134. The Labute approximate surface area is 106 Å². The molecule has 0 spiro atoms. The van der Waals surface area contributed by atoms with Crippen LogP contribution in [-0.2, 0) is 11.2 Å². The third kappa shape index (κ3) is 3.06. The van der Waals surface area contributed by atoms with E-state index in [-0.39, 0.29) is 11.9 Å². The van der Waals surface area contributed by atoms with E-state index in [4.69, 9.17) is 5.73 Å². The summed E-state index contributed by atoms with van der Waals surface area (Å²) in [6.07, 6.45) is 0.504. The largest absolute Gasteiger partial charge is 0.336 e. The van der Waals surface area contributed by atoms with Gasteiger partial charge in [0.05, 0.1) is 12.5 Å². The predicted octanol–water partition coefficient (Wildman–Crippen LogP) is 0.392. The van der Waals surface area contributed by atoms with Crippen LogP contribution in [0.4, 0.5) is 0 Å². The molecule has 1 fully saturated rings. The maximum atomic E-state index is 12.2. The fraction of sp³-hybridized carbons (Fsp3) is 0.583. The van der Waals surface area contributed by atoms with Crippen LogP contribution in [0.1, 0.15) is 5.56 Å². The highest BCUT2D eigenvalue weighted by atomic mass is 32.1. The second-order valence-corrected chi connectivity index (χ2v) is 5.33. The van der Waals surface area contributed by atoms with Gasteiger partial charge in [-0.1, -0.05) is 0 Å². The van der Waals surface area contributed by atoms with E-state index in [9.17, 15) is 4.79 Å². The fourth-order valence-electron chi connectivity index (χ4n) is 2.21. The molecule has 0 bridgehead atoms. The van der Waals surface area contributed by atoms with Crippen LogP contribution in [0, 0.1) is 0 Å². The van der Waals surface area contributed by atoms with Gasteiger partial charge in [-0.15, -0.1) is 0 Å². The summed E-state index contributed by atoms with van der Waals surface area (Å²) in [7, 11) is 2.07. The molecule has 2 heterocycles. The highest BCUT2D eigenvalue weighted by molar-refractivity contribution is 7.07. The lowest BCUT2D eigenvalue weighted by Gasteiger charge is -2.39. The molecule has 1 atom stereocenters. The number of rotatable bonds is 3. The summed E-state index contributed by atoms with van der Waals surface area (Å²) in [4.78, 5) is 16.4. The average molecular weight is 253 g/mol. The standard InChI is InChI=1S/C12H19N3OS/c1-14-3-4-15(11(7-13)8-14)12(16)6-10-2-5-17-9-10/h2,5,9,11H,3-4,6-8,13H2,1H3. The van der Waals surface area contributed by atoms with Crippen LogP contribution < -0.4 is 5.73 Å². The quantitative estimate of drug-likeness (QED) is 0.848. The minimum Gasteiger partial charge on any atom is -0.336 e.